The van der Waals surface area contributed by atoms with Crippen LogP contribution in [0.4, 0.5) is 0 Å². The first kappa shape index (κ1) is 13.6. The molecular formula is C6H13ClN2O4S. The molecule has 6 nitrogen and oxygen atoms in total. The van der Waals surface area contributed by atoms with E-state index >= 15 is 0 Å². The number of hydrogen-bond donors (Lipinski definition) is 2. The lowest BCUT2D eigenvalue weighted by Gasteiger charge is -2.04. The number of ether oxygens (including phenoxy) is 1. The van der Waals surface area contributed by atoms with Crippen molar-refractivity contribution in [2.24, 2.45) is 5.73 Å². The van der Waals surface area contributed by atoms with Crippen molar-refractivity contribution in [3.63, 3.8) is 0 Å². The van der Waals surface area contributed by atoms with Gasteiger partial charge in [-0.15, -0.1) is 11.6 Å². The number of halogens is 1. The van der Waals surface area contributed by atoms with E-state index in [1.54, 1.807) is 0 Å². The minimum Gasteiger partial charge on any atom is -0.370 e. The summed E-state index contributed by atoms with van der Waals surface area (Å²) in [5.41, 5.74) is 4.79. The molecule has 8 heteroatoms. The summed E-state index contributed by atoms with van der Waals surface area (Å²) in [5.74, 6) is -0.685. The molecule has 0 aromatic heterocycles. The molecule has 0 atom stereocenters. The first-order valence-corrected chi connectivity index (χ1v) is 6.06. The Kier molecular flexibility index (Phi) is 6.81. The van der Waals surface area contributed by atoms with Gasteiger partial charge in [-0.3, -0.25) is 4.79 Å². The highest BCUT2D eigenvalue weighted by Gasteiger charge is 2.07. The third kappa shape index (κ3) is 8.24. The Morgan fingerprint density at radius 1 is 1.50 bits per heavy atom. The highest BCUT2D eigenvalue weighted by atomic mass is 35.5. The molecule has 0 aromatic carbocycles. The second-order valence-electron chi connectivity index (χ2n) is 2.42. The molecular weight excluding hydrogens is 232 g/mol. The van der Waals surface area contributed by atoms with E-state index in [0.717, 1.165) is 0 Å². The molecule has 0 radical (unpaired) electrons. The zero-order valence-electron chi connectivity index (χ0n) is 7.53. The first-order chi connectivity index (χ1) is 6.48. The maximum absolute atomic E-state index is 11.0. The van der Waals surface area contributed by atoms with Crippen molar-refractivity contribution in [3.05, 3.63) is 0 Å². The molecule has 0 unspecified atom stereocenters. The van der Waals surface area contributed by atoms with Gasteiger partial charge in [0.15, 0.2) is 0 Å². The van der Waals surface area contributed by atoms with Crippen molar-refractivity contribution < 1.29 is 17.9 Å². The fourth-order valence-corrected chi connectivity index (χ4v) is 1.97. The Morgan fingerprint density at radius 2 is 2.14 bits per heavy atom. The van der Waals surface area contributed by atoms with Crippen molar-refractivity contribution in [1.82, 2.24) is 4.72 Å². The van der Waals surface area contributed by atoms with Gasteiger partial charge in [0.25, 0.3) is 0 Å². The van der Waals surface area contributed by atoms with Crippen molar-refractivity contribution in [3.8, 4) is 0 Å². The second-order valence-corrected chi connectivity index (χ2v) is 4.73. The number of rotatable bonds is 8. The minimum atomic E-state index is -3.31. The lowest BCUT2D eigenvalue weighted by atomic mass is 10.6. The van der Waals surface area contributed by atoms with Gasteiger partial charge < -0.3 is 10.5 Å². The van der Waals surface area contributed by atoms with Crippen LogP contribution in [0.1, 0.15) is 0 Å². The fourth-order valence-electron chi connectivity index (χ4n) is 0.616. The molecule has 0 bridgehead atoms. The molecule has 14 heavy (non-hydrogen) atoms. The van der Waals surface area contributed by atoms with Gasteiger partial charge in [-0.25, -0.2) is 13.1 Å². The molecule has 0 saturated carbocycles. The third-order valence-corrected chi connectivity index (χ3v) is 2.96. The van der Waals surface area contributed by atoms with Crippen molar-refractivity contribution >= 4 is 27.5 Å². The highest BCUT2D eigenvalue weighted by molar-refractivity contribution is 7.89. The molecule has 0 rings (SSSR count). The van der Waals surface area contributed by atoms with Gasteiger partial charge in [-0.05, 0) is 0 Å². The van der Waals surface area contributed by atoms with Crippen LogP contribution >= 0.6 is 11.6 Å². The normalized spacial score (nSPS) is 11.5. The van der Waals surface area contributed by atoms with Crippen LogP contribution < -0.4 is 10.5 Å². The van der Waals surface area contributed by atoms with Gasteiger partial charge in [-0.1, -0.05) is 0 Å². The van der Waals surface area contributed by atoms with Crippen LogP contribution in [0.15, 0.2) is 0 Å². The van der Waals surface area contributed by atoms with E-state index < -0.39 is 15.9 Å². The molecule has 0 spiro atoms. The van der Waals surface area contributed by atoms with E-state index in [9.17, 15) is 13.2 Å². The quantitative estimate of drug-likeness (QED) is 0.407. The Morgan fingerprint density at radius 3 is 2.64 bits per heavy atom. The van der Waals surface area contributed by atoms with Crippen LogP contribution in [0.3, 0.4) is 0 Å². The number of sulfonamides is 1. The molecule has 0 fully saturated rings. The molecule has 0 aromatic rings. The lowest BCUT2D eigenvalue weighted by Crippen LogP contribution is -2.31. The standard InChI is InChI=1S/C6H13ClN2O4S/c7-1-4-14(11,12)9-2-3-13-5-6(8)10/h9H,1-5H2,(H2,8,10). The molecule has 1 amide bonds. The summed E-state index contributed by atoms with van der Waals surface area (Å²) in [6, 6.07) is 0. The van der Waals surface area contributed by atoms with Crippen molar-refractivity contribution in [1.29, 1.82) is 0 Å². The highest BCUT2D eigenvalue weighted by Crippen LogP contribution is 1.86. The predicted octanol–water partition coefficient (Wildman–Crippen LogP) is -1.35. The number of carbonyl (C=O) groups is 1. The fraction of sp³-hybridized carbons (Fsp3) is 0.833. The monoisotopic (exact) mass is 244 g/mol. The number of nitrogens with two attached hydrogens (primary N) is 1. The van der Waals surface area contributed by atoms with E-state index in [1.807, 2.05) is 0 Å². The Hall–Kier alpha value is -0.370. The Balaban J connectivity index is 3.49. The number of nitrogens with one attached hydrogen (secondary N) is 1. The summed E-state index contributed by atoms with van der Waals surface area (Å²) in [7, 11) is -3.31. The second kappa shape index (κ2) is 6.99. The Labute approximate surface area is 87.8 Å². The smallest absolute Gasteiger partial charge is 0.243 e. The largest absolute Gasteiger partial charge is 0.370 e. The van der Waals surface area contributed by atoms with Crippen molar-refractivity contribution in [2.45, 2.75) is 0 Å². The number of carbonyl (C=O) groups excluding carboxylic acids is 1. The molecule has 3 N–H and O–H groups in total. The van der Waals surface area contributed by atoms with Crippen LogP contribution in [-0.2, 0) is 19.6 Å². The number of amides is 1. The van der Waals surface area contributed by atoms with Gasteiger partial charge in [0.2, 0.25) is 15.9 Å². The third-order valence-electron chi connectivity index (χ3n) is 1.16. The number of hydrogen-bond acceptors (Lipinski definition) is 4. The summed E-state index contributed by atoms with van der Waals surface area (Å²) < 4.78 is 28.9. The number of primary amides is 1. The maximum Gasteiger partial charge on any atom is 0.243 e. The maximum atomic E-state index is 11.0. The summed E-state index contributed by atoms with van der Waals surface area (Å²) in [6.07, 6.45) is 0. The molecule has 0 heterocycles. The van der Waals surface area contributed by atoms with E-state index in [0.29, 0.717) is 0 Å². The van der Waals surface area contributed by atoms with Crippen LogP contribution in [0.25, 0.3) is 0 Å². The first-order valence-electron chi connectivity index (χ1n) is 3.87. The van der Waals surface area contributed by atoms with Gasteiger partial charge in [-0.2, -0.15) is 0 Å². The minimum absolute atomic E-state index is 0.0392. The summed E-state index contributed by atoms with van der Waals surface area (Å²) >= 11 is 5.26. The van der Waals surface area contributed by atoms with Crippen LogP contribution in [0.5, 0.6) is 0 Å². The van der Waals surface area contributed by atoms with E-state index in [4.69, 9.17) is 22.1 Å². The van der Waals surface area contributed by atoms with Gasteiger partial charge in [0.1, 0.15) is 6.61 Å². The zero-order valence-corrected chi connectivity index (χ0v) is 9.10. The molecule has 0 saturated heterocycles. The Bertz CT molecular complexity index is 267. The van der Waals surface area contributed by atoms with E-state index in [-0.39, 0.29) is 31.4 Å². The lowest BCUT2D eigenvalue weighted by molar-refractivity contribution is -0.122. The zero-order chi connectivity index (χ0) is 11.0. The molecule has 0 aliphatic rings. The summed E-state index contributed by atoms with van der Waals surface area (Å²) in [6.45, 7) is -0.00576. The predicted molar refractivity (Wildman–Crippen MR) is 52.5 cm³/mol. The molecule has 0 aliphatic carbocycles. The van der Waals surface area contributed by atoms with Crippen LogP contribution in [-0.4, -0.2) is 45.7 Å². The average molecular weight is 245 g/mol. The summed E-state index contributed by atoms with van der Waals surface area (Å²) in [5, 5.41) is 0. The molecule has 0 aliphatic heterocycles. The average Bonchev–Trinajstić information content (AvgIpc) is 2.02. The number of alkyl halides is 1. The summed E-state index contributed by atoms with van der Waals surface area (Å²) in [4.78, 5) is 10.2. The van der Waals surface area contributed by atoms with E-state index in [1.165, 1.54) is 0 Å². The SMILES string of the molecule is NC(=O)COCCNS(=O)(=O)CCCl. The van der Waals surface area contributed by atoms with Crippen LogP contribution in [0, 0.1) is 0 Å². The van der Waals surface area contributed by atoms with Gasteiger partial charge in [0, 0.05) is 12.4 Å². The topological polar surface area (TPSA) is 98.5 Å². The van der Waals surface area contributed by atoms with Crippen molar-refractivity contribution in [2.75, 3.05) is 31.4 Å². The molecule has 84 valence electrons. The van der Waals surface area contributed by atoms with Gasteiger partial charge in [0.05, 0.1) is 12.4 Å². The van der Waals surface area contributed by atoms with Gasteiger partial charge >= 0.3 is 0 Å². The van der Waals surface area contributed by atoms with E-state index in [2.05, 4.69) is 4.72 Å². The van der Waals surface area contributed by atoms with Crippen LogP contribution in [0.2, 0.25) is 0 Å².